The van der Waals surface area contributed by atoms with Crippen LogP contribution in [0.2, 0.25) is 0 Å². The van der Waals surface area contributed by atoms with Gasteiger partial charge in [0, 0.05) is 37.4 Å². The van der Waals surface area contributed by atoms with E-state index in [1.165, 1.54) is 0 Å². The maximum atomic E-state index is 12.6. The van der Waals surface area contributed by atoms with E-state index in [9.17, 15) is 4.79 Å². The number of rotatable bonds is 4. The van der Waals surface area contributed by atoms with E-state index in [0.29, 0.717) is 19.6 Å². The number of fused-ring (bicyclic) bond motifs is 1. The second-order valence-corrected chi connectivity index (χ2v) is 8.05. The minimum atomic E-state index is -0.209. The summed E-state index contributed by atoms with van der Waals surface area (Å²) in [4.78, 5) is 19.9. The molecule has 0 N–H and O–H groups in total. The average molecular weight is 431 g/mol. The average Bonchev–Trinajstić information content (AvgIpc) is 3.30. The fraction of sp³-hybridized carbons (Fsp3) is 0.320. The van der Waals surface area contributed by atoms with Crippen molar-refractivity contribution in [2.75, 3.05) is 38.3 Å². The van der Waals surface area contributed by atoms with Gasteiger partial charge in [-0.05, 0) is 42.0 Å². The van der Waals surface area contributed by atoms with Gasteiger partial charge in [0.05, 0.1) is 37.6 Å². The third-order valence-electron chi connectivity index (χ3n) is 6.06. The molecule has 1 amide bonds. The normalized spacial score (nSPS) is 18.7. The van der Waals surface area contributed by atoms with Gasteiger partial charge in [0.2, 0.25) is 5.91 Å². The molecule has 0 spiro atoms. The first-order valence-electron chi connectivity index (χ1n) is 10.9. The SMILES string of the molecule is COc1ccc(C2=NN(C(C)=O)C(c3cc4ccccc4nc3N3CCOCC3)C2)cc1. The number of hydrazone groups is 1. The Morgan fingerprint density at radius 3 is 2.56 bits per heavy atom. The lowest BCUT2D eigenvalue weighted by Gasteiger charge is -2.32. The van der Waals surface area contributed by atoms with Gasteiger partial charge in [-0.1, -0.05) is 18.2 Å². The van der Waals surface area contributed by atoms with Crippen molar-refractivity contribution in [3.63, 3.8) is 0 Å². The highest BCUT2D eigenvalue weighted by Crippen LogP contribution is 2.39. The molecule has 164 valence electrons. The van der Waals surface area contributed by atoms with Crippen LogP contribution in [0.25, 0.3) is 10.9 Å². The van der Waals surface area contributed by atoms with Gasteiger partial charge < -0.3 is 14.4 Å². The molecule has 1 unspecified atom stereocenters. The van der Waals surface area contributed by atoms with E-state index in [2.05, 4.69) is 17.0 Å². The Kier molecular flexibility index (Phi) is 5.49. The van der Waals surface area contributed by atoms with Crippen molar-refractivity contribution in [1.82, 2.24) is 9.99 Å². The zero-order valence-electron chi connectivity index (χ0n) is 18.3. The third-order valence-corrected chi connectivity index (χ3v) is 6.06. The van der Waals surface area contributed by atoms with Crippen molar-refractivity contribution in [3.05, 3.63) is 65.7 Å². The monoisotopic (exact) mass is 430 g/mol. The molecule has 1 atom stereocenters. The lowest BCUT2D eigenvalue weighted by atomic mass is 9.97. The van der Waals surface area contributed by atoms with Gasteiger partial charge in [0.15, 0.2) is 0 Å². The summed E-state index contributed by atoms with van der Waals surface area (Å²) in [6.45, 7) is 4.45. The van der Waals surface area contributed by atoms with Crippen LogP contribution < -0.4 is 9.64 Å². The van der Waals surface area contributed by atoms with E-state index in [0.717, 1.165) is 52.4 Å². The van der Waals surface area contributed by atoms with Crippen LogP contribution in [0, 0.1) is 0 Å². The van der Waals surface area contributed by atoms with E-state index >= 15 is 0 Å². The highest BCUT2D eigenvalue weighted by Gasteiger charge is 2.35. The Morgan fingerprint density at radius 1 is 1.09 bits per heavy atom. The number of nitrogens with zero attached hydrogens (tertiary/aromatic N) is 4. The lowest BCUT2D eigenvalue weighted by Crippen LogP contribution is -2.38. The summed E-state index contributed by atoms with van der Waals surface area (Å²) in [7, 11) is 1.65. The van der Waals surface area contributed by atoms with Crippen molar-refractivity contribution in [1.29, 1.82) is 0 Å². The van der Waals surface area contributed by atoms with Crippen LogP contribution in [0.3, 0.4) is 0 Å². The van der Waals surface area contributed by atoms with Crippen molar-refractivity contribution >= 4 is 28.3 Å². The number of carbonyl (C=O) groups excluding carboxylic acids is 1. The largest absolute Gasteiger partial charge is 0.497 e. The van der Waals surface area contributed by atoms with Crippen molar-refractivity contribution in [3.8, 4) is 5.75 Å². The van der Waals surface area contributed by atoms with E-state index in [4.69, 9.17) is 19.6 Å². The van der Waals surface area contributed by atoms with Crippen LogP contribution in [0.15, 0.2) is 59.7 Å². The quantitative estimate of drug-likeness (QED) is 0.630. The second kappa shape index (κ2) is 8.59. The molecule has 0 bridgehead atoms. The molecule has 2 aliphatic rings. The first-order chi connectivity index (χ1) is 15.6. The first kappa shape index (κ1) is 20.5. The van der Waals surface area contributed by atoms with Crippen molar-refractivity contribution < 1.29 is 14.3 Å². The predicted octanol–water partition coefficient (Wildman–Crippen LogP) is 3.78. The number of hydrogen-bond acceptors (Lipinski definition) is 6. The molecule has 5 rings (SSSR count). The van der Waals surface area contributed by atoms with E-state index in [1.807, 2.05) is 42.5 Å². The van der Waals surface area contributed by atoms with Gasteiger partial charge in [-0.2, -0.15) is 5.10 Å². The molecule has 0 saturated carbocycles. The Labute approximate surface area is 187 Å². The summed E-state index contributed by atoms with van der Waals surface area (Å²) >= 11 is 0. The van der Waals surface area contributed by atoms with Crippen LogP contribution >= 0.6 is 0 Å². The predicted molar refractivity (Wildman–Crippen MR) is 124 cm³/mol. The number of pyridine rings is 1. The summed E-state index contributed by atoms with van der Waals surface area (Å²) < 4.78 is 10.8. The smallest absolute Gasteiger partial charge is 0.240 e. The Hall–Kier alpha value is -3.45. The van der Waals surface area contributed by atoms with E-state index < -0.39 is 0 Å². The number of ether oxygens (including phenoxy) is 2. The number of para-hydroxylation sites is 1. The van der Waals surface area contributed by atoms with Crippen LogP contribution in [-0.2, 0) is 9.53 Å². The standard InChI is InChI=1S/C25H26N4O3/c1-17(30)29-24(16-23(27-29)18-7-9-20(31-2)10-8-18)21-15-19-5-3-4-6-22(19)26-25(21)28-11-13-32-14-12-28/h3-10,15,24H,11-14,16H2,1-2H3. The second-order valence-electron chi connectivity index (χ2n) is 8.05. The fourth-order valence-corrected chi connectivity index (χ4v) is 4.40. The minimum absolute atomic E-state index is 0.0837. The molecule has 3 aromatic rings. The highest BCUT2D eigenvalue weighted by molar-refractivity contribution is 6.03. The zero-order chi connectivity index (χ0) is 22.1. The summed E-state index contributed by atoms with van der Waals surface area (Å²) in [5.74, 6) is 1.62. The molecule has 2 aliphatic heterocycles. The van der Waals surface area contributed by atoms with Crippen molar-refractivity contribution in [2.45, 2.75) is 19.4 Å². The maximum Gasteiger partial charge on any atom is 0.240 e. The van der Waals surface area contributed by atoms with Crippen LogP contribution in [0.1, 0.15) is 30.5 Å². The lowest BCUT2D eigenvalue weighted by molar-refractivity contribution is -0.130. The summed E-state index contributed by atoms with van der Waals surface area (Å²) in [6.07, 6.45) is 0.628. The summed E-state index contributed by atoms with van der Waals surface area (Å²) in [6, 6.07) is 17.9. The van der Waals surface area contributed by atoms with Crippen LogP contribution in [0.4, 0.5) is 5.82 Å². The number of aromatic nitrogens is 1. The van der Waals surface area contributed by atoms with Crippen LogP contribution in [0.5, 0.6) is 5.75 Å². The number of hydrogen-bond donors (Lipinski definition) is 0. The molecule has 1 aromatic heterocycles. The number of amides is 1. The molecule has 1 fully saturated rings. The number of benzene rings is 2. The molecular weight excluding hydrogens is 404 g/mol. The topological polar surface area (TPSA) is 67.3 Å². The number of morpholine rings is 1. The summed E-state index contributed by atoms with van der Waals surface area (Å²) in [5.41, 5.74) is 3.84. The number of carbonyl (C=O) groups is 1. The van der Waals surface area contributed by atoms with Gasteiger partial charge in [-0.15, -0.1) is 0 Å². The zero-order valence-corrected chi connectivity index (χ0v) is 18.3. The highest BCUT2D eigenvalue weighted by atomic mass is 16.5. The molecule has 1 saturated heterocycles. The van der Waals surface area contributed by atoms with Gasteiger partial charge >= 0.3 is 0 Å². The Bertz CT molecular complexity index is 1170. The van der Waals surface area contributed by atoms with Gasteiger partial charge in [0.1, 0.15) is 11.6 Å². The van der Waals surface area contributed by atoms with E-state index in [1.54, 1.807) is 19.0 Å². The Morgan fingerprint density at radius 2 is 1.84 bits per heavy atom. The van der Waals surface area contributed by atoms with Gasteiger partial charge in [-0.25, -0.2) is 9.99 Å². The molecule has 7 nitrogen and oxygen atoms in total. The summed E-state index contributed by atoms with van der Waals surface area (Å²) in [5, 5.41) is 7.39. The molecule has 0 radical (unpaired) electrons. The molecule has 0 aliphatic carbocycles. The fourth-order valence-electron chi connectivity index (χ4n) is 4.40. The minimum Gasteiger partial charge on any atom is -0.497 e. The molecule has 32 heavy (non-hydrogen) atoms. The van der Waals surface area contributed by atoms with Gasteiger partial charge in [-0.3, -0.25) is 4.79 Å². The first-order valence-corrected chi connectivity index (χ1v) is 10.9. The maximum absolute atomic E-state index is 12.6. The third kappa shape index (κ3) is 3.80. The van der Waals surface area contributed by atoms with Crippen molar-refractivity contribution in [2.24, 2.45) is 5.10 Å². The number of anilines is 1. The molecule has 7 heteroatoms. The molecular formula is C25H26N4O3. The molecule has 2 aromatic carbocycles. The van der Waals surface area contributed by atoms with Crippen LogP contribution in [-0.4, -0.2) is 55.0 Å². The molecule has 3 heterocycles. The van der Waals surface area contributed by atoms with Gasteiger partial charge in [0.25, 0.3) is 0 Å². The Balaban J connectivity index is 1.57. The van der Waals surface area contributed by atoms with E-state index in [-0.39, 0.29) is 11.9 Å². The number of methoxy groups -OCH3 is 1.